The predicted octanol–water partition coefficient (Wildman–Crippen LogP) is 0.890. The molecular formula is C14H22ClN3O3S. The molecule has 22 heavy (non-hydrogen) atoms. The second-order valence-corrected chi connectivity index (χ2v) is 7.09. The third-order valence-electron chi connectivity index (χ3n) is 3.91. The first kappa shape index (κ1) is 18.9. The number of hydrogen-bond donors (Lipinski definition) is 3. The zero-order chi connectivity index (χ0) is 15.5. The summed E-state index contributed by atoms with van der Waals surface area (Å²) in [5.74, 6) is 0.252. The molecule has 0 aromatic heterocycles. The van der Waals surface area contributed by atoms with Gasteiger partial charge < -0.3 is 11.1 Å². The van der Waals surface area contributed by atoms with E-state index >= 15 is 0 Å². The minimum atomic E-state index is -3.67. The van der Waals surface area contributed by atoms with Crippen LogP contribution in [-0.4, -0.2) is 20.4 Å². The third-order valence-corrected chi connectivity index (χ3v) is 4.84. The van der Waals surface area contributed by atoms with E-state index in [1.165, 1.54) is 12.1 Å². The van der Waals surface area contributed by atoms with Crippen LogP contribution in [0, 0.1) is 5.92 Å². The van der Waals surface area contributed by atoms with Crippen molar-refractivity contribution >= 4 is 28.3 Å². The van der Waals surface area contributed by atoms with Crippen molar-refractivity contribution in [3.63, 3.8) is 0 Å². The summed E-state index contributed by atoms with van der Waals surface area (Å²) in [6.45, 7) is 0.367. The van der Waals surface area contributed by atoms with Crippen molar-refractivity contribution in [2.75, 3.05) is 0 Å². The van der Waals surface area contributed by atoms with Gasteiger partial charge in [-0.05, 0) is 36.5 Å². The number of nitrogens with two attached hydrogens (primary N) is 2. The first-order chi connectivity index (χ1) is 9.86. The van der Waals surface area contributed by atoms with Gasteiger partial charge >= 0.3 is 0 Å². The van der Waals surface area contributed by atoms with Crippen LogP contribution in [0.5, 0.6) is 0 Å². The highest BCUT2D eigenvalue weighted by atomic mass is 35.5. The lowest BCUT2D eigenvalue weighted by atomic mass is 10.00. The molecule has 0 saturated heterocycles. The quantitative estimate of drug-likeness (QED) is 0.733. The van der Waals surface area contributed by atoms with Gasteiger partial charge in [-0.1, -0.05) is 18.6 Å². The van der Waals surface area contributed by atoms with Crippen molar-refractivity contribution in [2.45, 2.75) is 43.2 Å². The van der Waals surface area contributed by atoms with E-state index in [1.54, 1.807) is 12.1 Å². The molecule has 0 aliphatic heterocycles. The number of carbonyl (C=O) groups excluding carboxylic acids is 1. The van der Waals surface area contributed by atoms with E-state index in [1.807, 2.05) is 0 Å². The summed E-state index contributed by atoms with van der Waals surface area (Å²) < 4.78 is 22.3. The largest absolute Gasteiger partial charge is 0.352 e. The predicted molar refractivity (Wildman–Crippen MR) is 86.8 cm³/mol. The second-order valence-electron chi connectivity index (χ2n) is 5.52. The summed E-state index contributed by atoms with van der Waals surface area (Å²) in [7, 11) is -3.67. The number of carbonyl (C=O) groups is 1. The van der Waals surface area contributed by atoms with Crippen LogP contribution >= 0.6 is 12.4 Å². The Bertz CT molecular complexity index is 604. The van der Waals surface area contributed by atoms with Crippen LogP contribution in [0.15, 0.2) is 29.2 Å². The molecule has 1 aromatic rings. The van der Waals surface area contributed by atoms with Crippen molar-refractivity contribution in [1.29, 1.82) is 0 Å². The Hall–Kier alpha value is -1.15. The maximum Gasteiger partial charge on any atom is 0.238 e. The van der Waals surface area contributed by atoms with Gasteiger partial charge in [-0.2, -0.15) is 0 Å². The highest BCUT2D eigenvalue weighted by molar-refractivity contribution is 7.89. The summed E-state index contributed by atoms with van der Waals surface area (Å²) in [6.07, 6.45) is 3.55. The Morgan fingerprint density at radius 1 is 1.23 bits per heavy atom. The molecule has 0 spiro atoms. The van der Waals surface area contributed by atoms with Crippen LogP contribution < -0.4 is 16.2 Å². The highest BCUT2D eigenvalue weighted by Gasteiger charge is 2.25. The van der Waals surface area contributed by atoms with E-state index in [-0.39, 0.29) is 35.2 Å². The second kappa shape index (κ2) is 7.92. The van der Waals surface area contributed by atoms with Crippen molar-refractivity contribution < 1.29 is 13.2 Å². The average molecular weight is 348 g/mol. The lowest BCUT2D eigenvalue weighted by Gasteiger charge is -2.14. The summed E-state index contributed by atoms with van der Waals surface area (Å²) in [6, 6.07) is 6.28. The molecule has 1 saturated carbocycles. The van der Waals surface area contributed by atoms with Gasteiger partial charge in [0.25, 0.3) is 0 Å². The van der Waals surface area contributed by atoms with Crippen molar-refractivity contribution in [3.8, 4) is 0 Å². The van der Waals surface area contributed by atoms with Crippen molar-refractivity contribution in [3.05, 3.63) is 29.8 Å². The lowest BCUT2D eigenvalue weighted by Crippen LogP contribution is -2.31. The van der Waals surface area contributed by atoms with Gasteiger partial charge in [0.1, 0.15) is 0 Å². The molecule has 124 valence electrons. The van der Waals surface area contributed by atoms with Gasteiger partial charge in [0.05, 0.1) is 4.90 Å². The fourth-order valence-corrected chi connectivity index (χ4v) is 3.14. The molecule has 0 unspecified atom stereocenters. The number of sulfonamides is 1. The van der Waals surface area contributed by atoms with E-state index in [4.69, 9.17) is 10.9 Å². The number of primary sulfonamides is 1. The Morgan fingerprint density at radius 3 is 2.36 bits per heavy atom. The summed E-state index contributed by atoms with van der Waals surface area (Å²) >= 11 is 0. The zero-order valence-corrected chi connectivity index (χ0v) is 13.8. The Morgan fingerprint density at radius 2 is 1.86 bits per heavy atom. The number of benzene rings is 1. The van der Waals surface area contributed by atoms with Gasteiger partial charge in [0, 0.05) is 19.0 Å². The number of amides is 1. The highest BCUT2D eigenvalue weighted by Crippen LogP contribution is 2.26. The first-order valence-electron chi connectivity index (χ1n) is 7.00. The summed E-state index contributed by atoms with van der Waals surface area (Å²) in [5, 5.41) is 7.85. The van der Waals surface area contributed by atoms with Crippen molar-refractivity contribution in [1.82, 2.24) is 5.32 Å². The Balaban J connectivity index is 0.00000242. The topological polar surface area (TPSA) is 115 Å². The minimum Gasteiger partial charge on any atom is -0.352 e. The van der Waals surface area contributed by atoms with Crippen LogP contribution in [0.1, 0.15) is 31.2 Å². The molecule has 1 aliphatic rings. The molecule has 2 atom stereocenters. The fraction of sp³-hybridized carbons (Fsp3) is 0.500. The van der Waals surface area contributed by atoms with E-state index in [0.29, 0.717) is 13.0 Å². The van der Waals surface area contributed by atoms with Crippen LogP contribution in [0.25, 0.3) is 0 Å². The van der Waals surface area contributed by atoms with E-state index < -0.39 is 10.0 Å². The standard InChI is InChI=1S/C14H21N3O3S.ClH/c15-13-3-1-2-11(13)8-14(18)17-9-10-4-6-12(7-5-10)21(16,19)20;/h4-7,11,13H,1-3,8-9,15H2,(H,17,18)(H2,16,19,20);1H/t11-,13+;/m0./s1. The Kier molecular flexibility index (Phi) is 6.80. The monoisotopic (exact) mass is 347 g/mol. The molecule has 5 N–H and O–H groups in total. The lowest BCUT2D eigenvalue weighted by molar-refractivity contribution is -0.122. The van der Waals surface area contributed by atoms with Gasteiger partial charge in [0.15, 0.2) is 0 Å². The third kappa shape index (κ3) is 5.24. The van der Waals surface area contributed by atoms with Gasteiger partial charge in [-0.15, -0.1) is 12.4 Å². The molecular weight excluding hydrogens is 326 g/mol. The molecule has 8 heteroatoms. The van der Waals surface area contributed by atoms with Gasteiger partial charge in [0.2, 0.25) is 15.9 Å². The average Bonchev–Trinajstić information content (AvgIpc) is 2.81. The zero-order valence-electron chi connectivity index (χ0n) is 12.2. The molecule has 0 bridgehead atoms. The van der Waals surface area contributed by atoms with Crippen LogP contribution in [0.2, 0.25) is 0 Å². The molecule has 6 nitrogen and oxygen atoms in total. The van der Waals surface area contributed by atoms with Crippen LogP contribution in [0.3, 0.4) is 0 Å². The number of halogens is 1. The van der Waals surface area contributed by atoms with Gasteiger partial charge in [-0.25, -0.2) is 13.6 Å². The smallest absolute Gasteiger partial charge is 0.238 e. The maximum atomic E-state index is 11.9. The summed E-state index contributed by atoms with van der Waals surface area (Å²) in [4.78, 5) is 11.9. The molecule has 1 aromatic carbocycles. The SMILES string of the molecule is Cl.N[C@@H]1CCC[C@H]1CC(=O)NCc1ccc(S(N)(=O)=O)cc1. The van der Waals surface area contributed by atoms with Crippen molar-refractivity contribution in [2.24, 2.45) is 16.8 Å². The van der Waals surface area contributed by atoms with Gasteiger partial charge in [-0.3, -0.25) is 4.79 Å². The van der Waals surface area contributed by atoms with Crippen LogP contribution in [0.4, 0.5) is 0 Å². The molecule has 1 aliphatic carbocycles. The maximum absolute atomic E-state index is 11.9. The fourth-order valence-electron chi connectivity index (χ4n) is 2.63. The molecule has 1 fully saturated rings. The molecule has 0 radical (unpaired) electrons. The summed E-state index contributed by atoms with van der Waals surface area (Å²) in [5.41, 5.74) is 6.77. The molecule has 2 rings (SSSR count). The van der Waals surface area contributed by atoms with E-state index in [0.717, 1.165) is 24.8 Å². The number of nitrogens with one attached hydrogen (secondary N) is 1. The van der Waals surface area contributed by atoms with E-state index in [2.05, 4.69) is 5.32 Å². The normalized spacial score (nSPS) is 21.2. The minimum absolute atomic E-state index is 0. The Labute approximate surface area is 137 Å². The number of rotatable bonds is 5. The number of hydrogen-bond acceptors (Lipinski definition) is 4. The molecule has 0 heterocycles. The van der Waals surface area contributed by atoms with Crippen LogP contribution in [-0.2, 0) is 21.4 Å². The first-order valence-corrected chi connectivity index (χ1v) is 8.55. The van der Waals surface area contributed by atoms with E-state index in [9.17, 15) is 13.2 Å². The molecule has 1 amide bonds.